The molecule has 2 nitrogen and oxygen atoms in total. The lowest BCUT2D eigenvalue weighted by molar-refractivity contribution is 0.907. The van der Waals surface area contributed by atoms with E-state index in [0.29, 0.717) is 10.0 Å². The molecule has 0 saturated heterocycles. The first-order valence-corrected chi connectivity index (χ1v) is 9.55. The molecule has 2 N–H and O–H groups in total. The standard InChI is InChI=1S/C23H16Cl2N2/c24-17-10-9-16(11-18(17)25)23(21-12-14-5-1-3-7-19(14)26-21)22-13-15-6-2-4-8-20(15)27-22/h1-13,23,26-27H. The molecule has 0 unspecified atom stereocenters. The topological polar surface area (TPSA) is 31.6 Å². The fourth-order valence-corrected chi connectivity index (χ4v) is 4.03. The number of halogens is 2. The third-order valence-corrected chi connectivity index (χ3v) is 5.74. The van der Waals surface area contributed by atoms with Crippen LogP contribution in [0.25, 0.3) is 21.8 Å². The summed E-state index contributed by atoms with van der Waals surface area (Å²) >= 11 is 12.5. The first-order chi connectivity index (χ1) is 13.2. The van der Waals surface area contributed by atoms with Gasteiger partial charge in [0, 0.05) is 22.4 Å². The first-order valence-electron chi connectivity index (χ1n) is 8.79. The zero-order valence-corrected chi connectivity index (χ0v) is 15.9. The van der Waals surface area contributed by atoms with Gasteiger partial charge in [-0.05, 0) is 52.7 Å². The second-order valence-corrected chi connectivity index (χ2v) is 7.54. The smallest absolute Gasteiger partial charge is 0.0642 e. The van der Waals surface area contributed by atoms with Crippen LogP contribution in [0.5, 0.6) is 0 Å². The van der Waals surface area contributed by atoms with E-state index in [1.54, 1.807) is 0 Å². The molecule has 2 aromatic heterocycles. The van der Waals surface area contributed by atoms with E-state index in [2.05, 4.69) is 58.5 Å². The molecule has 4 heteroatoms. The molecule has 27 heavy (non-hydrogen) atoms. The zero-order chi connectivity index (χ0) is 18.4. The lowest BCUT2D eigenvalue weighted by Gasteiger charge is -2.16. The van der Waals surface area contributed by atoms with Gasteiger partial charge < -0.3 is 9.97 Å². The highest BCUT2D eigenvalue weighted by molar-refractivity contribution is 6.42. The van der Waals surface area contributed by atoms with Crippen molar-refractivity contribution >= 4 is 45.0 Å². The molecule has 0 aliphatic heterocycles. The maximum absolute atomic E-state index is 6.34. The Labute approximate surface area is 166 Å². The van der Waals surface area contributed by atoms with Crippen molar-refractivity contribution in [2.45, 2.75) is 5.92 Å². The van der Waals surface area contributed by atoms with Crippen LogP contribution >= 0.6 is 23.2 Å². The molecule has 0 spiro atoms. The average Bonchev–Trinajstić information content (AvgIpc) is 3.28. The maximum Gasteiger partial charge on any atom is 0.0642 e. The molecule has 3 aromatic carbocycles. The second-order valence-electron chi connectivity index (χ2n) is 6.73. The van der Waals surface area contributed by atoms with Crippen LogP contribution in [0, 0.1) is 0 Å². The minimum atomic E-state index is -0.000401. The van der Waals surface area contributed by atoms with E-state index >= 15 is 0 Å². The monoisotopic (exact) mass is 390 g/mol. The third kappa shape index (κ3) is 2.91. The quantitative estimate of drug-likeness (QED) is 0.328. The van der Waals surface area contributed by atoms with Gasteiger partial charge in [-0.15, -0.1) is 0 Å². The molecule has 0 aliphatic rings. The van der Waals surface area contributed by atoms with E-state index in [4.69, 9.17) is 23.2 Å². The van der Waals surface area contributed by atoms with Gasteiger partial charge in [-0.2, -0.15) is 0 Å². The molecule has 0 radical (unpaired) electrons. The Hall–Kier alpha value is -2.68. The number of rotatable bonds is 3. The largest absolute Gasteiger partial charge is 0.358 e. The maximum atomic E-state index is 6.34. The molecule has 5 rings (SSSR count). The van der Waals surface area contributed by atoms with E-state index in [0.717, 1.165) is 28.0 Å². The summed E-state index contributed by atoms with van der Waals surface area (Å²) < 4.78 is 0. The van der Waals surface area contributed by atoms with Crippen molar-refractivity contribution in [3.63, 3.8) is 0 Å². The van der Waals surface area contributed by atoms with Gasteiger partial charge in [0.2, 0.25) is 0 Å². The van der Waals surface area contributed by atoms with Crippen LogP contribution < -0.4 is 0 Å². The van der Waals surface area contributed by atoms with Gasteiger partial charge in [0.05, 0.1) is 16.0 Å². The SMILES string of the molecule is Clc1ccc(C(c2cc3ccccc3[nH]2)c2cc3ccccc3[nH]2)cc1Cl. The van der Waals surface area contributed by atoms with Crippen molar-refractivity contribution in [3.05, 3.63) is 106 Å². The predicted octanol–water partition coefficient (Wildman–Crippen LogP) is 7.14. The predicted molar refractivity (Wildman–Crippen MR) is 114 cm³/mol. The Morgan fingerprint density at radius 2 is 1.15 bits per heavy atom. The summed E-state index contributed by atoms with van der Waals surface area (Å²) in [5.74, 6) is -0.000401. The first kappa shape index (κ1) is 16.5. The van der Waals surface area contributed by atoms with Crippen LogP contribution in [-0.2, 0) is 0 Å². The molecule has 5 aromatic rings. The van der Waals surface area contributed by atoms with E-state index in [1.807, 2.05) is 30.3 Å². The number of benzene rings is 3. The zero-order valence-electron chi connectivity index (χ0n) is 14.3. The van der Waals surface area contributed by atoms with E-state index in [9.17, 15) is 0 Å². The van der Waals surface area contributed by atoms with Crippen molar-refractivity contribution in [3.8, 4) is 0 Å². The number of fused-ring (bicyclic) bond motifs is 2. The van der Waals surface area contributed by atoms with Crippen molar-refractivity contribution in [2.75, 3.05) is 0 Å². The summed E-state index contributed by atoms with van der Waals surface area (Å²) in [5, 5.41) is 3.50. The highest BCUT2D eigenvalue weighted by Crippen LogP contribution is 2.36. The molecule has 0 fully saturated rings. The summed E-state index contributed by atoms with van der Waals surface area (Å²) in [6, 6.07) is 26.9. The van der Waals surface area contributed by atoms with Crippen molar-refractivity contribution in [2.24, 2.45) is 0 Å². The van der Waals surface area contributed by atoms with Gasteiger partial charge in [0.1, 0.15) is 0 Å². The molecular formula is C23H16Cl2N2. The summed E-state index contributed by atoms with van der Waals surface area (Å²) in [4.78, 5) is 7.15. The highest BCUT2D eigenvalue weighted by atomic mass is 35.5. The van der Waals surface area contributed by atoms with E-state index in [-0.39, 0.29) is 5.92 Å². The number of hydrogen-bond acceptors (Lipinski definition) is 0. The Bertz CT molecular complexity index is 1130. The number of aromatic amines is 2. The van der Waals surface area contributed by atoms with Crippen LogP contribution in [0.2, 0.25) is 10.0 Å². The van der Waals surface area contributed by atoms with Gasteiger partial charge in [-0.1, -0.05) is 65.7 Å². The fourth-order valence-electron chi connectivity index (χ4n) is 3.72. The highest BCUT2D eigenvalue weighted by Gasteiger charge is 2.21. The number of para-hydroxylation sites is 2. The lowest BCUT2D eigenvalue weighted by atomic mass is 9.92. The summed E-state index contributed by atoms with van der Waals surface area (Å²) in [5.41, 5.74) is 5.55. The van der Waals surface area contributed by atoms with Crippen molar-refractivity contribution < 1.29 is 0 Å². The molecule has 0 atom stereocenters. The molecule has 0 aliphatic carbocycles. The van der Waals surface area contributed by atoms with Gasteiger partial charge in [-0.3, -0.25) is 0 Å². The molecule has 2 heterocycles. The Morgan fingerprint density at radius 1 is 0.593 bits per heavy atom. The Kier molecular flexibility index (Phi) is 3.96. The van der Waals surface area contributed by atoms with Crippen LogP contribution in [0.15, 0.2) is 78.9 Å². The number of H-pyrrole nitrogens is 2. The summed E-state index contributed by atoms with van der Waals surface area (Å²) in [6.07, 6.45) is 0. The Morgan fingerprint density at radius 3 is 1.67 bits per heavy atom. The molecule has 132 valence electrons. The van der Waals surface area contributed by atoms with Crippen molar-refractivity contribution in [1.29, 1.82) is 0 Å². The third-order valence-electron chi connectivity index (χ3n) is 5.00. The van der Waals surface area contributed by atoms with Crippen molar-refractivity contribution in [1.82, 2.24) is 9.97 Å². The lowest BCUT2D eigenvalue weighted by Crippen LogP contribution is -2.04. The summed E-state index contributed by atoms with van der Waals surface area (Å²) in [6.45, 7) is 0. The fraction of sp³-hybridized carbons (Fsp3) is 0.0435. The van der Waals surface area contributed by atoms with Gasteiger partial charge in [-0.25, -0.2) is 0 Å². The molecular weight excluding hydrogens is 375 g/mol. The molecule has 0 bridgehead atoms. The average molecular weight is 391 g/mol. The van der Waals surface area contributed by atoms with Crippen LogP contribution in [0.4, 0.5) is 0 Å². The minimum absolute atomic E-state index is 0.000401. The van der Waals surface area contributed by atoms with Crippen LogP contribution in [-0.4, -0.2) is 9.97 Å². The molecule has 0 saturated carbocycles. The van der Waals surface area contributed by atoms with Crippen LogP contribution in [0.3, 0.4) is 0 Å². The number of hydrogen-bond donors (Lipinski definition) is 2. The minimum Gasteiger partial charge on any atom is -0.358 e. The molecule has 0 amide bonds. The van der Waals surface area contributed by atoms with E-state index < -0.39 is 0 Å². The Balaban J connectivity index is 1.74. The second kappa shape index (κ2) is 6.49. The van der Waals surface area contributed by atoms with Gasteiger partial charge in [0.15, 0.2) is 0 Å². The normalized spacial score (nSPS) is 11.7. The van der Waals surface area contributed by atoms with Gasteiger partial charge >= 0.3 is 0 Å². The van der Waals surface area contributed by atoms with E-state index in [1.165, 1.54) is 10.8 Å². The van der Waals surface area contributed by atoms with Gasteiger partial charge in [0.25, 0.3) is 0 Å². The number of nitrogens with one attached hydrogen (secondary N) is 2. The summed E-state index contributed by atoms with van der Waals surface area (Å²) in [7, 11) is 0. The number of aromatic nitrogens is 2. The van der Waals surface area contributed by atoms with Crippen LogP contribution in [0.1, 0.15) is 22.9 Å².